The largest absolute Gasteiger partial charge is 0.506 e. The number of carbonyl (C=O) groups excluding carboxylic acids is 1. The van der Waals surface area contributed by atoms with E-state index in [2.05, 4.69) is 26.7 Å². The van der Waals surface area contributed by atoms with Crippen molar-refractivity contribution in [3.05, 3.63) is 87.4 Å². The van der Waals surface area contributed by atoms with E-state index in [-0.39, 0.29) is 11.5 Å². The van der Waals surface area contributed by atoms with Gasteiger partial charge in [-0.05, 0) is 54.3 Å². The van der Waals surface area contributed by atoms with Crippen molar-refractivity contribution in [1.82, 2.24) is 5.43 Å². The van der Waals surface area contributed by atoms with Crippen LogP contribution >= 0.6 is 27.5 Å². The van der Waals surface area contributed by atoms with Gasteiger partial charge in [-0.3, -0.25) is 20.6 Å². The van der Waals surface area contributed by atoms with Gasteiger partial charge < -0.3 is 10.4 Å². The van der Waals surface area contributed by atoms with E-state index in [0.29, 0.717) is 23.7 Å². The number of hydrazine groups is 1. The maximum absolute atomic E-state index is 13.2. The van der Waals surface area contributed by atoms with Crippen molar-refractivity contribution in [2.45, 2.75) is 25.8 Å². The Morgan fingerprint density at radius 1 is 1.18 bits per heavy atom. The van der Waals surface area contributed by atoms with Gasteiger partial charge in [-0.15, -0.1) is 0 Å². The molecular formula is C26H26BrClN4O2. The number of phenols is 1. The van der Waals surface area contributed by atoms with E-state index in [9.17, 15) is 9.90 Å². The van der Waals surface area contributed by atoms with Gasteiger partial charge in [0, 0.05) is 28.0 Å². The van der Waals surface area contributed by atoms with Crippen molar-refractivity contribution in [3.63, 3.8) is 0 Å². The van der Waals surface area contributed by atoms with Gasteiger partial charge in [0.25, 0.3) is 5.91 Å². The number of benzene rings is 3. The van der Waals surface area contributed by atoms with E-state index in [1.54, 1.807) is 12.1 Å². The maximum Gasteiger partial charge on any atom is 0.283 e. The van der Waals surface area contributed by atoms with Crippen molar-refractivity contribution in [2.24, 2.45) is 5.92 Å². The Balaban J connectivity index is 1.60. The zero-order valence-electron chi connectivity index (χ0n) is 18.7. The number of para-hydroxylation sites is 1. The summed E-state index contributed by atoms with van der Waals surface area (Å²) < 4.78 is 0.929. The summed E-state index contributed by atoms with van der Waals surface area (Å²) in [7, 11) is 0. The van der Waals surface area contributed by atoms with Crippen molar-refractivity contribution in [1.29, 1.82) is 5.41 Å². The summed E-state index contributed by atoms with van der Waals surface area (Å²) in [5.41, 5.74) is 6.41. The fourth-order valence-electron chi connectivity index (χ4n) is 4.29. The Kier molecular flexibility index (Phi) is 7.44. The summed E-state index contributed by atoms with van der Waals surface area (Å²) >= 11 is 9.46. The third-order valence-corrected chi connectivity index (χ3v) is 6.84. The molecule has 1 amide bonds. The molecule has 4 N–H and O–H groups in total. The van der Waals surface area contributed by atoms with Crippen LogP contribution in [0.15, 0.2) is 71.2 Å². The van der Waals surface area contributed by atoms with E-state index in [0.717, 1.165) is 22.1 Å². The van der Waals surface area contributed by atoms with E-state index in [1.807, 2.05) is 60.5 Å². The van der Waals surface area contributed by atoms with Crippen LogP contribution in [-0.4, -0.2) is 23.3 Å². The summed E-state index contributed by atoms with van der Waals surface area (Å²) in [5.74, 6) is -0.879. The average Bonchev–Trinajstić information content (AvgIpc) is 3.23. The minimum Gasteiger partial charge on any atom is -0.506 e. The van der Waals surface area contributed by atoms with E-state index in [4.69, 9.17) is 17.0 Å². The number of hydrogen-bond acceptors (Lipinski definition) is 5. The van der Waals surface area contributed by atoms with Crippen LogP contribution in [0.3, 0.4) is 0 Å². The highest BCUT2D eigenvalue weighted by Crippen LogP contribution is 2.35. The zero-order chi connectivity index (χ0) is 24.2. The first kappa shape index (κ1) is 24.1. The smallest absolute Gasteiger partial charge is 0.283 e. The molecule has 1 aliphatic rings. The Hall–Kier alpha value is -3.03. The molecule has 0 bridgehead atoms. The number of nitrogens with zero attached hydrogens (tertiary/aromatic N) is 1. The fourth-order valence-corrected chi connectivity index (χ4v) is 4.72. The molecule has 2 atom stereocenters. The predicted molar refractivity (Wildman–Crippen MR) is 141 cm³/mol. The van der Waals surface area contributed by atoms with E-state index < -0.39 is 17.9 Å². The molecule has 0 fully saturated rings. The summed E-state index contributed by atoms with van der Waals surface area (Å²) in [6.45, 7) is 2.62. The first-order chi connectivity index (χ1) is 16.4. The van der Waals surface area contributed by atoms with Crippen LogP contribution in [0.1, 0.15) is 30.5 Å². The minimum atomic E-state index is -0.450. The molecule has 0 saturated carbocycles. The maximum atomic E-state index is 13.2. The second-order valence-electron chi connectivity index (χ2n) is 8.23. The molecule has 3 aromatic carbocycles. The van der Waals surface area contributed by atoms with Crippen LogP contribution in [0.2, 0.25) is 5.02 Å². The number of fused-ring (bicyclic) bond motifs is 1. The van der Waals surface area contributed by atoms with Gasteiger partial charge in [-0.1, -0.05) is 64.8 Å². The number of halogens is 2. The highest BCUT2D eigenvalue weighted by atomic mass is 79.9. The molecule has 6 nitrogen and oxygen atoms in total. The molecular weight excluding hydrogens is 516 g/mol. The third-order valence-electron chi connectivity index (χ3n) is 6.08. The number of hydrogen-bond donors (Lipinski definition) is 4. The molecule has 176 valence electrons. The van der Waals surface area contributed by atoms with Gasteiger partial charge in [0.15, 0.2) is 0 Å². The van der Waals surface area contributed by atoms with Crippen molar-refractivity contribution in [2.75, 3.05) is 16.9 Å². The van der Waals surface area contributed by atoms with Gasteiger partial charge in [-0.25, -0.2) is 0 Å². The molecule has 0 spiro atoms. The lowest BCUT2D eigenvalue weighted by atomic mass is 9.86. The quantitative estimate of drug-likeness (QED) is 0.205. The summed E-state index contributed by atoms with van der Waals surface area (Å²) in [6, 6.07) is 20.1. The number of amides is 1. The lowest BCUT2D eigenvalue weighted by Gasteiger charge is -2.30. The third kappa shape index (κ3) is 5.21. The minimum absolute atomic E-state index is 0.00845. The number of carbonyl (C=O) groups is 1. The number of aromatic hydroxyl groups is 1. The molecule has 0 aromatic heterocycles. The topological polar surface area (TPSA) is 88.5 Å². The van der Waals surface area contributed by atoms with Gasteiger partial charge in [-0.2, -0.15) is 0 Å². The van der Waals surface area contributed by atoms with Gasteiger partial charge in [0.2, 0.25) is 0 Å². The standard InChI is InChI=1S/C26H26BrClN4O2/c1-2-20(24(29)26(34)31-32-14-13-16-5-3-4-6-22(16)32)25(17-7-9-18(27)10-8-17)30-21-12-11-19(28)15-23(21)33/h3-12,15,20,25,29-30,33H,2,13-14H2,1H3,(H,31,34). The Bertz CT molecular complexity index is 1200. The molecule has 3 aromatic rings. The number of rotatable bonds is 8. The van der Waals surface area contributed by atoms with Crippen molar-refractivity contribution < 1.29 is 9.90 Å². The monoisotopic (exact) mass is 540 g/mol. The highest BCUT2D eigenvalue weighted by Gasteiger charge is 2.31. The summed E-state index contributed by atoms with van der Waals surface area (Å²) in [6.07, 6.45) is 1.39. The van der Waals surface area contributed by atoms with Gasteiger partial charge in [0.1, 0.15) is 11.5 Å². The highest BCUT2D eigenvalue weighted by molar-refractivity contribution is 9.10. The summed E-state index contributed by atoms with van der Waals surface area (Å²) in [5, 5.41) is 24.8. The number of nitrogens with one attached hydrogen (secondary N) is 3. The molecule has 0 saturated heterocycles. The van der Waals surface area contributed by atoms with Gasteiger partial charge in [0.05, 0.1) is 17.4 Å². The second kappa shape index (κ2) is 10.5. The molecule has 0 radical (unpaired) electrons. The Morgan fingerprint density at radius 2 is 1.91 bits per heavy atom. The fraction of sp³-hybridized carbons (Fsp3) is 0.231. The molecule has 4 rings (SSSR count). The lowest BCUT2D eigenvalue weighted by Crippen LogP contribution is -2.47. The number of anilines is 2. The molecule has 34 heavy (non-hydrogen) atoms. The normalized spacial score (nSPS) is 14.3. The van der Waals surface area contributed by atoms with E-state index >= 15 is 0 Å². The molecule has 2 unspecified atom stereocenters. The van der Waals surface area contributed by atoms with Crippen LogP contribution in [-0.2, 0) is 11.2 Å². The molecule has 8 heteroatoms. The molecule has 1 heterocycles. The SMILES string of the molecule is CCC(C(=N)C(=O)NN1CCc2ccccc21)C(Nc1ccc(Cl)cc1O)c1ccc(Br)cc1. The van der Waals surface area contributed by atoms with E-state index in [1.165, 1.54) is 11.6 Å². The summed E-state index contributed by atoms with van der Waals surface area (Å²) in [4.78, 5) is 13.2. The zero-order valence-corrected chi connectivity index (χ0v) is 21.0. The van der Waals surface area contributed by atoms with Crippen LogP contribution in [0.25, 0.3) is 0 Å². The Labute approximate surface area is 212 Å². The molecule has 1 aliphatic heterocycles. The predicted octanol–water partition coefficient (Wildman–Crippen LogP) is 6.10. The lowest BCUT2D eigenvalue weighted by molar-refractivity contribution is -0.115. The van der Waals surface area contributed by atoms with Crippen LogP contribution in [0.4, 0.5) is 11.4 Å². The average molecular weight is 542 g/mol. The first-order valence-corrected chi connectivity index (χ1v) is 12.3. The second-order valence-corrected chi connectivity index (χ2v) is 9.59. The number of phenolic OH excluding ortho intramolecular Hbond substituents is 1. The van der Waals surface area contributed by atoms with Crippen LogP contribution < -0.4 is 15.8 Å². The Morgan fingerprint density at radius 3 is 2.62 bits per heavy atom. The first-order valence-electron chi connectivity index (χ1n) is 11.1. The van der Waals surface area contributed by atoms with Crippen LogP contribution in [0.5, 0.6) is 5.75 Å². The van der Waals surface area contributed by atoms with Crippen molar-refractivity contribution >= 4 is 50.5 Å². The van der Waals surface area contributed by atoms with Crippen molar-refractivity contribution in [3.8, 4) is 5.75 Å². The van der Waals surface area contributed by atoms with Gasteiger partial charge >= 0.3 is 0 Å². The van der Waals surface area contributed by atoms with Crippen LogP contribution in [0, 0.1) is 11.3 Å². The molecule has 0 aliphatic carbocycles.